The molecule has 3 rings (SSSR count). The molecule has 1 aromatic carbocycles. The van der Waals surface area contributed by atoms with Crippen LogP contribution in [0.5, 0.6) is 0 Å². The molecule has 2 heterocycles. The molecule has 3 aromatic rings. The highest BCUT2D eigenvalue weighted by atomic mass is 32.2. The average Bonchev–Trinajstić information content (AvgIpc) is 3.82. The van der Waals surface area contributed by atoms with E-state index in [-0.39, 0.29) is 44.1 Å². The van der Waals surface area contributed by atoms with Crippen LogP contribution in [0.25, 0.3) is 10.9 Å². The predicted octanol–water partition coefficient (Wildman–Crippen LogP) is -1.60. The van der Waals surface area contributed by atoms with E-state index in [4.69, 9.17) is 22.9 Å². The van der Waals surface area contributed by atoms with Gasteiger partial charge in [0.15, 0.2) is 5.96 Å². The number of aromatic amines is 2. The zero-order valence-corrected chi connectivity index (χ0v) is 32.9. The van der Waals surface area contributed by atoms with Crippen LogP contribution < -0.4 is 49.5 Å². The number of nitrogens with one attached hydrogen (secondary N) is 7. The Kier molecular flexibility index (Phi) is 17.6. The maximum atomic E-state index is 14.2. The summed E-state index contributed by atoms with van der Waals surface area (Å²) in [5, 5.41) is 14.3. The first-order valence-electron chi connectivity index (χ1n) is 18.2. The fraction of sp³-hybridized carbons (Fsp3) is 0.500. The maximum Gasteiger partial charge on any atom is 0.243 e. The molecule has 0 saturated heterocycles. The second-order valence-corrected chi connectivity index (χ2v) is 14.7. The highest BCUT2D eigenvalue weighted by Gasteiger charge is 2.34. The van der Waals surface area contributed by atoms with Gasteiger partial charge in [0.2, 0.25) is 35.4 Å². The molecule has 0 aliphatic carbocycles. The Bertz CT molecular complexity index is 1810. The first-order valence-corrected chi connectivity index (χ1v) is 19.6. The van der Waals surface area contributed by atoms with Crippen molar-refractivity contribution in [3.8, 4) is 0 Å². The molecule has 6 amide bonds. The Morgan fingerprint density at radius 1 is 0.804 bits per heavy atom. The number of H-pyrrole nitrogens is 2. The number of hydrogen-bond donors (Lipinski definition) is 11. The summed E-state index contributed by atoms with van der Waals surface area (Å²) in [5.74, 6) is -3.93. The van der Waals surface area contributed by atoms with Crippen molar-refractivity contribution < 1.29 is 28.8 Å². The van der Waals surface area contributed by atoms with Crippen molar-refractivity contribution in [3.63, 3.8) is 0 Å². The molecule has 0 bridgehead atoms. The molecule has 0 aliphatic rings. The fourth-order valence-corrected chi connectivity index (χ4v) is 6.18. The van der Waals surface area contributed by atoms with Gasteiger partial charge in [-0.25, -0.2) is 4.98 Å². The zero-order valence-electron chi connectivity index (χ0n) is 32.1. The van der Waals surface area contributed by atoms with Crippen LogP contribution in [0.15, 0.2) is 48.0 Å². The van der Waals surface area contributed by atoms with Crippen molar-refractivity contribution in [3.05, 3.63) is 54.2 Å². The molecule has 306 valence electrons. The van der Waals surface area contributed by atoms with Gasteiger partial charge in [0.05, 0.1) is 12.4 Å². The third kappa shape index (κ3) is 13.9. The lowest BCUT2D eigenvalue weighted by molar-refractivity contribution is -0.135. The third-order valence-electron chi connectivity index (χ3n) is 8.92. The predicted molar refractivity (Wildman–Crippen MR) is 215 cm³/mol. The topological polar surface area (TPSA) is 323 Å². The molecule has 56 heavy (non-hydrogen) atoms. The Morgan fingerprint density at radius 2 is 1.45 bits per heavy atom. The van der Waals surface area contributed by atoms with E-state index in [0.717, 1.165) is 10.9 Å². The fourth-order valence-electron chi connectivity index (χ4n) is 5.69. The van der Waals surface area contributed by atoms with Gasteiger partial charge in [0.1, 0.15) is 30.2 Å². The van der Waals surface area contributed by atoms with Crippen LogP contribution in [-0.2, 0) is 41.6 Å². The van der Waals surface area contributed by atoms with Gasteiger partial charge in [-0.3, -0.25) is 33.8 Å². The number of aromatic nitrogens is 3. The van der Waals surface area contributed by atoms with E-state index < -0.39 is 71.7 Å². The molecule has 2 aromatic heterocycles. The Morgan fingerprint density at radius 3 is 2.07 bits per heavy atom. The number of primary amides is 1. The van der Waals surface area contributed by atoms with Gasteiger partial charge in [-0.1, -0.05) is 32.0 Å². The Hall–Kier alpha value is -5.63. The van der Waals surface area contributed by atoms with Gasteiger partial charge in [0, 0.05) is 48.4 Å². The van der Waals surface area contributed by atoms with E-state index >= 15 is 0 Å². The van der Waals surface area contributed by atoms with E-state index in [1.807, 2.05) is 30.5 Å². The summed E-state index contributed by atoms with van der Waals surface area (Å²) in [4.78, 5) is 94.3. The number of imidazole rings is 1. The van der Waals surface area contributed by atoms with Crippen molar-refractivity contribution in [2.24, 2.45) is 33.8 Å². The van der Waals surface area contributed by atoms with Gasteiger partial charge in [0.25, 0.3) is 0 Å². The number of thioether (sulfide) groups is 1. The number of nitrogens with zero attached hydrogens (tertiary/aromatic N) is 2. The summed E-state index contributed by atoms with van der Waals surface area (Å²) < 4.78 is 0. The number of rotatable bonds is 23. The lowest BCUT2D eigenvalue weighted by Gasteiger charge is -2.28. The van der Waals surface area contributed by atoms with E-state index in [0.29, 0.717) is 23.4 Å². The van der Waals surface area contributed by atoms with Crippen molar-refractivity contribution in [2.75, 3.05) is 18.6 Å². The summed E-state index contributed by atoms with van der Waals surface area (Å²) in [7, 11) is 0. The number of amides is 6. The SMILES string of the molecule is CSCC[C@H](N)C(=O)N[C@H](C(=O)N[C@@H](Cc1cnc[nH]1)C(=O)N[C@@H](Cc1c[nH]c2ccccc12)C(=O)N[C@@H](CCCN=C(N)N)C(=O)N[C@@H](C)C(N)=O)C(C)C. The highest BCUT2D eigenvalue weighted by Crippen LogP contribution is 2.20. The van der Waals surface area contributed by atoms with Crippen LogP contribution in [0.4, 0.5) is 0 Å². The standard InChI is InChI=1S/C36H55N13O6S/c1-19(2)29(49-31(51)24(37)11-13-56-4)35(55)48-28(15-22-17-41-18-44-22)34(54)47-27(14-21-16-43-25-9-6-5-8-23(21)25)33(53)46-26(10-7-12-42-36(39)40)32(52)45-20(3)30(38)50/h5-6,8-9,16-20,24,26-29,43H,7,10-15,37H2,1-4H3,(H2,38,50)(H,41,44)(H,45,52)(H,46,53)(H,47,54)(H,48,55)(H,49,51)(H4,39,40,42)/t20-,24-,26-,27-,28-,29-/m0/s1. The van der Waals surface area contributed by atoms with Crippen LogP contribution in [-0.4, -0.2) is 111 Å². The molecule has 0 unspecified atom stereocenters. The molecule has 20 heteroatoms. The lowest BCUT2D eigenvalue weighted by atomic mass is 10.0. The minimum absolute atomic E-state index is 0.0229. The number of fused-ring (bicyclic) bond motifs is 1. The van der Waals surface area contributed by atoms with E-state index in [2.05, 4.69) is 46.5 Å². The van der Waals surface area contributed by atoms with Gasteiger partial charge in [-0.2, -0.15) is 11.8 Å². The molecule has 15 N–H and O–H groups in total. The first kappa shape index (κ1) is 44.8. The number of aliphatic imine (C=N–C) groups is 1. The number of nitrogens with two attached hydrogens (primary N) is 4. The van der Waals surface area contributed by atoms with Crippen molar-refractivity contribution in [1.82, 2.24) is 41.5 Å². The van der Waals surface area contributed by atoms with Crippen molar-refractivity contribution in [2.45, 2.75) is 89.1 Å². The summed E-state index contributed by atoms with van der Waals surface area (Å²) in [6.45, 7) is 5.05. The van der Waals surface area contributed by atoms with E-state index in [1.54, 1.807) is 31.8 Å². The lowest BCUT2D eigenvalue weighted by Crippen LogP contribution is -2.60. The van der Waals surface area contributed by atoms with Crippen LogP contribution in [0, 0.1) is 5.92 Å². The van der Waals surface area contributed by atoms with Crippen molar-refractivity contribution in [1.29, 1.82) is 0 Å². The van der Waals surface area contributed by atoms with E-state index in [9.17, 15) is 28.8 Å². The Labute approximate surface area is 329 Å². The number of benzene rings is 1. The highest BCUT2D eigenvalue weighted by molar-refractivity contribution is 7.98. The summed E-state index contributed by atoms with van der Waals surface area (Å²) in [6, 6.07) is 0.778. The average molecular weight is 798 g/mol. The molecule has 0 radical (unpaired) electrons. The second-order valence-electron chi connectivity index (χ2n) is 13.7. The van der Waals surface area contributed by atoms with Crippen LogP contribution in [0.3, 0.4) is 0 Å². The normalized spacial score (nSPS) is 14.4. The third-order valence-corrected chi connectivity index (χ3v) is 9.57. The largest absolute Gasteiger partial charge is 0.370 e. The molecule has 0 aliphatic heterocycles. The van der Waals surface area contributed by atoms with Gasteiger partial charge < -0.3 is 59.5 Å². The van der Waals surface area contributed by atoms with Crippen LogP contribution >= 0.6 is 11.8 Å². The summed E-state index contributed by atoms with van der Waals surface area (Å²) in [6.07, 6.45) is 7.20. The molecular formula is C36H55N13O6S. The monoisotopic (exact) mass is 797 g/mol. The minimum Gasteiger partial charge on any atom is -0.370 e. The number of carbonyl (C=O) groups is 6. The van der Waals surface area contributed by atoms with Gasteiger partial charge in [-0.15, -0.1) is 0 Å². The molecule has 6 atom stereocenters. The zero-order chi connectivity index (χ0) is 41.4. The van der Waals surface area contributed by atoms with Gasteiger partial charge >= 0.3 is 0 Å². The maximum absolute atomic E-state index is 14.2. The molecular weight excluding hydrogens is 743 g/mol. The number of hydrogen-bond acceptors (Lipinski definition) is 10. The van der Waals surface area contributed by atoms with Crippen molar-refractivity contribution >= 4 is 64.1 Å². The molecule has 0 spiro atoms. The molecule has 19 nitrogen and oxygen atoms in total. The smallest absolute Gasteiger partial charge is 0.243 e. The minimum atomic E-state index is -1.28. The second kappa shape index (κ2) is 22.1. The number of carbonyl (C=O) groups excluding carboxylic acids is 6. The van der Waals surface area contributed by atoms with Gasteiger partial charge in [-0.05, 0) is 55.7 Å². The summed E-state index contributed by atoms with van der Waals surface area (Å²) >= 11 is 1.54. The van der Waals surface area contributed by atoms with E-state index in [1.165, 1.54) is 19.4 Å². The molecule has 0 saturated carbocycles. The molecule has 0 fully saturated rings. The Balaban J connectivity index is 1.94. The number of guanidine groups is 1. The summed E-state index contributed by atoms with van der Waals surface area (Å²) in [5.41, 5.74) is 24.3. The number of para-hydroxylation sites is 1. The van der Waals surface area contributed by atoms with Crippen LogP contribution in [0.1, 0.15) is 51.3 Å². The van der Waals surface area contributed by atoms with Crippen LogP contribution in [0.2, 0.25) is 0 Å². The first-order chi connectivity index (χ1) is 26.6. The quantitative estimate of drug-likeness (QED) is 0.0295.